The van der Waals surface area contributed by atoms with Crippen molar-refractivity contribution in [2.45, 2.75) is 56.3 Å². The summed E-state index contributed by atoms with van der Waals surface area (Å²) in [4.78, 5) is 30.2. The van der Waals surface area contributed by atoms with E-state index in [1.54, 1.807) is 30.5 Å². The third-order valence-electron chi connectivity index (χ3n) is 7.96. The minimum atomic E-state index is -4.44. The van der Waals surface area contributed by atoms with Crippen LogP contribution in [0, 0.1) is 5.92 Å². The standard InChI is InChI=1S/C29H28F5N3O3/c30-25(31)13-22-16-37(15-17-1-3-20(4-2-17)29(32,33)34)10-9-28(22,40)21-5-7-24-18(12-21)11-19(14-35-24)23-6-8-26(38)36-27(23)39/h1-5,7,11-12,14,22-23,25,40H,6,8-10,13,15-16H2,(H,36,38,39). The van der Waals surface area contributed by atoms with Crippen molar-refractivity contribution in [2.24, 2.45) is 5.92 Å². The zero-order chi connectivity index (χ0) is 28.7. The van der Waals surface area contributed by atoms with Crippen LogP contribution in [0.5, 0.6) is 0 Å². The van der Waals surface area contributed by atoms with E-state index in [0.717, 1.165) is 12.1 Å². The number of amides is 2. The number of carbonyl (C=O) groups is 2. The number of carbonyl (C=O) groups excluding carboxylic acids is 2. The molecule has 0 aliphatic carbocycles. The summed E-state index contributed by atoms with van der Waals surface area (Å²) in [6, 6.07) is 11.6. The summed E-state index contributed by atoms with van der Waals surface area (Å²) in [6.07, 6.45) is -5.36. The highest BCUT2D eigenvalue weighted by Gasteiger charge is 2.44. The van der Waals surface area contributed by atoms with Crippen LogP contribution < -0.4 is 5.32 Å². The van der Waals surface area contributed by atoms with Gasteiger partial charge in [0.15, 0.2) is 0 Å². The van der Waals surface area contributed by atoms with Gasteiger partial charge in [0.25, 0.3) is 0 Å². The van der Waals surface area contributed by atoms with Crippen molar-refractivity contribution in [1.29, 1.82) is 0 Å². The largest absolute Gasteiger partial charge is 0.416 e. The summed E-state index contributed by atoms with van der Waals surface area (Å²) in [5.41, 5.74) is -0.0163. The molecule has 2 fully saturated rings. The number of benzene rings is 2. The number of rotatable bonds is 6. The number of alkyl halides is 5. The van der Waals surface area contributed by atoms with Crippen LogP contribution in [0.4, 0.5) is 22.0 Å². The molecule has 2 aromatic carbocycles. The Morgan fingerprint density at radius 2 is 1.85 bits per heavy atom. The number of hydrogen-bond donors (Lipinski definition) is 2. The molecule has 0 saturated carbocycles. The van der Waals surface area contributed by atoms with E-state index in [9.17, 15) is 36.6 Å². The second-order valence-corrected chi connectivity index (χ2v) is 10.6. The van der Waals surface area contributed by atoms with Crippen molar-refractivity contribution in [1.82, 2.24) is 15.2 Å². The molecule has 1 aromatic heterocycles. The molecule has 3 unspecified atom stereocenters. The van der Waals surface area contributed by atoms with E-state index in [-0.39, 0.29) is 31.8 Å². The number of halogens is 5. The first-order chi connectivity index (χ1) is 18.9. The fourth-order valence-corrected chi connectivity index (χ4v) is 5.77. The number of nitrogens with zero attached hydrogens (tertiary/aromatic N) is 2. The Labute approximate surface area is 227 Å². The van der Waals surface area contributed by atoms with Crippen LogP contribution in [-0.4, -0.2) is 46.3 Å². The van der Waals surface area contributed by atoms with E-state index in [1.807, 2.05) is 4.90 Å². The van der Waals surface area contributed by atoms with Crippen molar-refractivity contribution in [3.63, 3.8) is 0 Å². The molecule has 3 heterocycles. The highest BCUT2D eigenvalue weighted by Crippen LogP contribution is 2.42. The van der Waals surface area contributed by atoms with Gasteiger partial charge in [-0.25, -0.2) is 8.78 Å². The van der Waals surface area contributed by atoms with Gasteiger partial charge < -0.3 is 5.11 Å². The van der Waals surface area contributed by atoms with E-state index in [4.69, 9.17) is 0 Å². The van der Waals surface area contributed by atoms with Gasteiger partial charge in [0.2, 0.25) is 18.2 Å². The maximum Gasteiger partial charge on any atom is 0.416 e. The first-order valence-electron chi connectivity index (χ1n) is 13.1. The van der Waals surface area contributed by atoms with Crippen LogP contribution in [0.2, 0.25) is 0 Å². The van der Waals surface area contributed by atoms with Crippen LogP contribution in [0.1, 0.15) is 53.9 Å². The lowest BCUT2D eigenvalue weighted by molar-refractivity contribution is -0.138. The number of piperidine rings is 2. The number of nitrogens with one attached hydrogen (secondary N) is 1. The van der Waals surface area contributed by atoms with E-state index in [0.29, 0.717) is 40.6 Å². The quantitative estimate of drug-likeness (QED) is 0.322. The monoisotopic (exact) mass is 561 g/mol. The van der Waals surface area contributed by atoms with E-state index >= 15 is 0 Å². The Morgan fingerprint density at radius 3 is 2.52 bits per heavy atom. The Bertz CT molecular complexity index is 1410. The lowest BCUT2D eigenvalue weighted by atomic mass is 9.74. The van der Waals surface area contributed by atoms with Gasteiger partial charge in [-0.3, -0.25) is 24.8 Å². The average molecular weight is 562 g/mol. The summed E-state index contributed by atoms with van der Waals surface area (Å²) >= 11 is 0. The number of fused-ring (bicyclic) bond motifs is 1. The molecule has 2 aliphatic rings. The van der Waals surface area contributed by atoms with Crippen LogP contribution in [0.15, 0.2) is 54.7 Å². The second-order valence-electron chi connectivity index (χ2n) is 10.6. The zero-order valence-corrected chi connectivity index (χ0v) is 21.4. The predicted octanol–water partition coefficient (Wildman–Crippen LogP) is 5.14. The predicted molar refractivity (Wildman–Crippen MR) is 136 cm³/mol. The highest BCUT2D eigenvalue weighted by atomic mass is 19.4. The molecule has 2 amide bonds. The Hall–Kier alpha value is -3.44. The van der Waals surface area contributed by atoms with Crippen LogP contribution >= 0.6 is 0 Å². The van der Waals surface area contributed by atoms with Crippen LogP contribution in [-0.2, 0) is 27.9 Å². The number of aliphatic hydroxyl groups is 1. The lowest BCUT2D eigenvalue weighted by Gasteiger charge is -2.45. The van der Waals surface area contributed by atoms with Crippen molar-refractivity contribution in [3.8, 4) is 0 Å². The molecule has 2 N–H and O–H groups in total. The molecule has 0 radical (unpaired) electrons. The number of aromatic nitrogens is 1. The third kappa shape index (κ3) is 5.85. The molecule has 6 nitrogen and oxygen atoms in total. The number of pyridine rings is 1. The lowest BCUT2D eigenvalue weighted by Crippen LogP contribution is -2.50. The van der Waals surface area contributed by atoms with Crippen LogP contribution in [0.25, 0.3) is 10.9 Å². The van der Waals surface area contributed by atoms with Gasteiger partial charge in [-0.2, -0.15) is 13.2 Å². The van der Waals surface area contributed by atoms with Gasteiger partial charge in [0.05, 0.1) is 22.6 Å². The number of hydrogen-bond acceptors (Lipinski definition) is 5. The van der Waals surface area contributed by atoms with E-state index in [1.165, 1.54) is 12.1 Å². The summed E-state index contributed by atoms with van der Waals surface area (Å²) < 4.78 is 66.0. The normalized spacial score (nSPS) is 24.5. The summed E-state index contributed by atoms with van der Waals surface area (Å²) in [7, 11) is 0. The molecule has 40 heavy (non-hydrogen) atoms. The molecule has 3 aromatic rings. The van der Waals surface area contributed by atoms with E-state index < -0.39 is 47.9 Å². The van der Waals surface area contributed by atoms with Crippen molar-refractivity contribution in [3.05, 3.63) is 77.0 Å². The van der Waals surface area contributed by atoms with Gasteiger partial charge in [-0.05, 0) is 59.9 Å². The SMILES string of the molecule is O=C1CCC(c2cnc3ccc(C4(O)CCN(Cc5ccc(C(F)(F)F)cc5)CC4CC(F)F)cc3c2)C(=O)N1. The van der Waals surface area contributed by atoms with Gasteiger partial charge in [0.1, 0.15) is 0 Å². The number of imide groups is 1. The molecule has 212 valence electrons. The molecule has 0 bridgehead atoms. The maximum absolute atomic E-state index is 13.7. The zero-order valence-electron chi connectivity index (χ0n) is 21.4. The third-order valence-corrected chi connectivity index (χ3v) is 7.96. The molecular weight excluding hydrogens is 533 g/mol. The molecule has 5 rings (SSSR count). The highest BCUT2D eigenvalue weighted by molar-refractivity contribution is 6.01. The van der Waals surface area contributed by atoms with E-state index in [2.05, 4.69) is 10.3 Å². The smallest absolute Gasteiger partial charge is 0.385 e. The fraction of sp³-hybridized carbons (Fsp3) is 0.414. The summed E-state index contributed by atoms with van der Waals surface area (Å²) in [6.45, 7) is 0.753. The van der Waals surface area contributed by atoms with Gasteiger partial charge in [-0.15, -0.1) is 0 Å². The molecule has 2 saturated heterocycles. The Morgan fingerprint density at radius 1 is 1.10 bits per heavy atom. The summed E-state index contributed by atoms with van der Waals surface area (Å²) in [5, 5.41) is 14.8. The topological polar surface area (TPSA) is 82.5 Å². The number of likely N-dealkylation sites (tertiary alicyclic amines) is 1. The average Bonchev–Trinajstić information content (AvgIpc) is 2.89. The Kier molecular flexibility index (Phi) is 7.62. The molecule has 11 heteroatoms. The first kappa shape index (κ1) is 28.1. The molecule has 2 aliphatic heterocycles. The molecular formula is C29H28F5N3O3. The first-order valence-corrected chi connectivity index (χ1v) is 13.1. The van der Waals surface area contributed by atoms with Gasteiger partial charge in [0, 0.05) is 50.0 Å². The molecule has 0 spiro atoms. The van der Waals surface area contributed by atoms with Crippen LogP contribution in [0.3, 0.4) is 0 Å². The maximum atomic E-state index is 13.7. The van der Waals surface area contributed by atoms with Gasteiger partial charge in [-0.1, -0.05) is 18.2 Å². The Balaban J connectivity index is 1.38. The fourth-order valence-electron chi connectivity index (χ4n) is 5.77. The van der Waals surface area contributed by atoms with Gasteiger partial charge >= 0.3 is 6.18 Å². The minimum Gasteiger partial charge on any atom is -0.385 e. The summed E-state index contributed by atoms with van der Waals surface area (Å²) in [5.74, 6) is -2.10. The second kappa shape index (κ2) is 10.9. The van der Waals surface area contributed by atoms with Crippen molar-refractivity contribution >= 4 is 22.7 Å². The van der Waals surface area contributed by atoms with Crippen molar-refractivity contribution in [2.75, 3.05) is 13.1 Å². The minimum absolute atomic E-state index is 0.133. The molecule has 3 atom stereocenters. The van der Waals surface area contributed by atoms with Crippen molar-refractivity contribution < 1.29 is 36.6 Å².